The molecule has 0 aromatic rings. The van der Waals surface area contributed by atoms with E-state index in [1.165, 1.54) is 0 Å². The fraction of sp³-hybridized carbons (Fsp3) is 0.818. The van der Waals surface area contributed by atoms with Gasteiger partial charge in [-0.3, -0.25) is 15.6 Å². The second kappa shape index (κ2) is 6.03. The van der Waals surface area contributed by atoms with E-state index in [2.05, 4.69) is 36.9 Å². The molecule has 0 spiro atoms. The van der Waals surface area contributed by atoms with Gasteiger partial charge < -0.3 is 5.32 Å². The average Bonchev–Trinajstić information content (AvgIpc) is 2.91. The summed E-state index contributed by atoms with van der Waals surface area (Å²) in [6.45, 7) is 7.23. The largest absolute Gasteiger partial charge is 0.361 e. The Morgan fingerprint density at radius 3 is 2.56 bits per heavy atom. The molecule has 3 N–H and O–H groups in total. The van der Waals surface area contributed by atoms with Gasteiger partial charge >= 0.3 is 0 Å². The van der Waals surface area contributed by atoms with Gasteiger partial charge in [-0.25, -0.2) is 0 Å². The summed E-state index contributed by atoms with van der Waals surface area (Å²) in [4.78, 5) is 11.4. The van der Waals surface area contributed by atoms with E-state index in [9.17, 15) is 4.79 Å². The highest BCUT2D eigenvalue weighted by molar-refractivity contribution is 7.80. The summed E-state index contributed by atoms with van der Waals surface area (Å²) in [7, 11) is 0. The van der Waals surface area contributed by atoms with Gasteiger partial charge in [-0.2, -0.15) is 0 Å². The molecule has 0 heterocycles. The third-order valence-electron chi connectivity index (χ3n) is 2.75. The minimum atomic E-state index is 0.0421. The summed E-state index contributed by atoms with van der Waals surface area (Å²) < 4.78 is 0. The van der Waals surface area contributed by atoms with Gasteiger partial charge in [-0.1, -0.05) is 20.8 Å². The van der Waals surface area contributed by atoms with Crippen molar-refractivity contribution in [2.45, 2.75) is 33.6 Å². The highest BCUT2D eigenvalue weighted by Crippen LogP contribution is 2.37. The van der Waals surface area contributed by atoms with Crippen LogP contribution in [-0.2, 0) is 4.79 Å². The maximum Gasteiger partial charge on any atom is 0.241 e. The lowest BCUT2D eigenvalue weighted by atomic mass is 10.1. The third-order valence-corrected chi connectivity index (χ3v) is 3.00. The summed E-state index contributed by atoms with van der Waals surface area (Å²) in [5.74, 6) is 1.38. The molecule has 0 aliphatic heterocycles. The predicted octanol–water partition coefficient (Wildman–Crippen LogP) is 1.18. The van der Waals surface area contributed by atoms with Crippen molar-refractivity contribution >= 4 is 23.2 Å². The van der Waals surface area contributed by atoms with Gasteiger partial charge in [0.1, 0.15) is 0 Å². The van der Waals surface area contributed by atoms with Crippen LogP contribution < -0.4 is 16.2 Å². The number of amides is 1. The van der Waals surface area contributed by atoms with Crippen molar-refractivity contribution in [2.75, 3.05) is 6.54 Å². The zero-order valence-corrected chi connectivity index (χ0v) is 11.0. The molecule has 1 saturated carbocycles. The molecule has 1 amide bonds. The number of thiocarbonyl (C=S) groups is 1. The second-order valence-electron chi connectivity index (χ2n) is 4.87. The first kappa shape index (κ1) is 13.2. The summed E-state index contributed by atoms with van der Waals surface area (Å²) in [5, 5.41) is 3.53. The number of hydrazine groups is 1. The monoisotopic (exact) mass is 243 g/mol. The van der Waals surface area contributed by atoms with Crippen molar-refractivity contribution in [3.05, 3.63) is 0 Å². The average molecular weight is 243 g/mol. The molecule has 0 bridgehead atoms. The minimum absolute atomic E-state index is 0.0421. The van der Waals surface area contributed by atoms with E-state index in [4.69, 9.17) is 12.2 Å². The Morgan fingerprint density at radius 2 is 2.06 bits per heavy atom. The smallest absolute Gasteiger partial charge is 0.241 e. The van der Waals surface area contributed by atoms with Crippen molar-refractivity contribution < 1.29 is 4.79 Å². The molecule has 5 heteroatoms. The maximum absolute atomic E-state index is 11.4. The maximum atomic E-state index is 11.4. The first-order valence-electron chi connectivity index (χ1n) is 5.84. The van der Waals surface area contributed by atoms with Crippen molar-refractivity contribution in [3.8, 4) is 0 Å². The molecular formula is C11H21N3OS. The van der Waals surface area contributed by atoms with Crippen LogP contribution >= 0.6 is 12.2 Å². The van der Waals surface area contributed by atoms with Crippen LogP contribution in [0.15, 0.2) is 0 Å². The van der Waals surface area contributed by atoms with E-state index >= 15 is 0 Å². The molecular weight excluding hydrogens is 222 g/mol. The van der Waals surface area contributed by atoms with Gasteiger partial charge in [-0.15, -0.1) is 0 Å². The predicted molar refractivity (Wildman–Crippen MR) is 68.6 cm³/mol. The molecule has 0 saturated heterocycles. The summed E-state index contributed by atoms with van der Waals surface area (Å²) in [6.07, 6.45) is 2.05. The molecule has 0 aromatic carbocycles. The molecule has 1 aliphatic carbocycles. The van der Waals surface area contributed by atoms with Crippen molar-refractivity contribution in [3.63, 3.8) is 0 Å². The van der Waals surface area contributed by atoms with Crippen molar-refractivity contribution in [1.82, 2.24) is 16.2 Å². The first-order chi connectivity index (χ1) is 7.50. The molecule has 1 rings (SSSR count). The Balaban J connectivity index is 2.04. The fourth-order valence-electron chi connectivity index (χ4n) is 1.42. The quantitative estimate of drug-likeness (QED) is 0.513. The number of carbonyl (C=O) groups excluding carboxylic acids is 1. The Morgan fingerprint density at radius 1 is 1.44 bits per heavy atom. The third kappa shape index (κ3) is 4.79. The summed E-state index contributed by atoms with van der Waals surface area (Å²) in [5.41, 5.74) is 5.34. The standard InChI is InChI=1S/C11H21N3OS/c1-7(2)4-5-12-11(16)14-13-10(15)9-6-8(9)3/h7-9H,4-6H2,1-3H3,(H,13,15)(H2,12,14,16)/t8-,9+/m0/s1. The minimum Gasteiger partial charge on any atom is -0.361 e. The van der Waals surface area contributed by atoms with Gasteiger partial charge in [-0.05, 0) is 36.9 Å². The van der Waals surface area contributed by atoms with Gasteiger partial charge in [0, 0.05) is 12.5 Å². The highest BCUT2D eigenvalue weighted by Gasteiger charge is 2.39. The Hall–Kier alpha value is -0.840. The van der Waals surface area contributed by atoms with Gasteiger partial charge in [0.25, 0.3) is 0 Å². The van der Waals surface area contributed by atoms with Crippen LogP contribution in [0, 0.1) is 17.8 Å². The Bertz CT molecular complexity index is 268. The summed E-state index contributed by atoms with van der Waals surface area (Å²) >= 11 is 5.02. The molecule has 92 valence electrons. The molecule has 1 aliphatic rings. The van der Waals surface area contributed by atoms with E-state index in [0.29, 0.717) is 16.9 Å². The van der Waals surface area contributed by atoms with E-state index in [1.54, 1.807) is 0 Å². The van der Waals surface area contributed by atoms with Gasteiger partial charge in [0.2, 0.25) is 5.91 Å². The van der Waals surface area contributed by atoms with Gasteiger partial charge in [0.05, 0.1) is 0 Å². The van der Waals surface area contributed by atoms with Crippen LogP contribution in [0.4, 0.5) is 0 Å². The number of rotatable bonds is 4. The zero-order chi connectivity index (χ0) is 12.1. The van der Waals surface area contributed by atoms with Crippen LogP contribution in [0.1, 0.15) is 33.6 Å². The summed E-state index contributed by atoms with van der Waals surface area (Å²) in [6, 6.07) is 0. The Labute approximate surface area is 103 Å². The lowest BCUT2D eigenvalue weighted by Gasteiger charge is -2.12. The second-order valence-corrected chi connectivity index (χ2v) is 5.28. The van der Waals surface area contributed by atoms with Crippen LogP contribution in [0.5, 0.6) is 0 Å². The molecule has 16 heavy (non-hydrogen) atoms. The fourth-order valence-corrected chi connectivity index (χ4v) is 1.57. The normalized spacial score (nSPS) is 22.8. The van der Waals surface area contributed by atoms with E-state index in [1.807, 2.05) is 0 Å². The number of hydrogen-bond acceptors (Lipinski definition) is 2. The van der Waals surface area contributed by atoms with E-state index in [0.717, 1.165) is 19.4 Å². The van der Waals surface area contributed by atoms with Gasteiger partial charge in [0.15, 0.2) is 5.11 Å². The van der Waals surface area contributed by atoms with Crippen LogP contribution in [0.3, 0.4) is 0 Å². The molecule has 2 atom stereocenters. The molecule has 1 fully saturated rings. The number of carbonyl (C=O) groups is 1. The Kier molecular flexibility index (Phi) is 4.99. The zero-order valence-electron chi connectivity index (χ0n) is 10.2. The number of nitrogens with one attached hydrogen (secondary N) is 3. The van der Waals surface area contributed by atoms with E-state index in [-0.39, 0.29) is 11.8 Å². The molecule has 0 aromatic heterocycles. The SMILES string of the molecule is CC(C)CCNC(=S)NNC(=O)[C@@H]1C[C@@H]1C. The molecule has 4 nitrogen and oxygen atoms in total. The van der Waals surface area contributed by atoms with Crippen LogP contribution in [-0.4, -0.2) is 17.6 Å². The van der Waals surface area contributed by atoms with Crippen LogP contribution in [0.25, 0.3) is 0 Å². The van der Waals surface area contributed by atoms with Crippen molar-refractivity contribution in [2.24, 2.45) is 17.8 Å². The molecule has 0 unspecified atom stereocenters. The lowest BCUT2D eigenvalue weighted by molar-refractivity contribution is -0.123. The molecule has 0 radical (unpaired) electrons. The lowest BCUT2D eigenvalue weighted by Crippen LogP contribution is -2.47. The first-order valence-corrected chi connectivity index (χ1v) is 6.25. The topological polar surface area (TPSA) is 53.2 Å². The highest BCUT2D eigenvalue weighted by atomic mass is 32.1. The van der Waals surface area contributed by atoms with Crippen molar-refractivity contribution in [1.29, 1.82) is 0 Å². The van der Waals surface area contributed by atoms with E-state index < -0.39 is 0 Å². The number of hydrogen-bond donors (Lipinski definition) is 3. The van der Waals surface area contributed by atoms with Crippen LogP contribution in [0.2, 0.25) is 0 Å².